The highest BCUT2D eigenvalue weighted by Gasteiger charge is 1.97. The van der Waals surface area contributed by atoms with Crippen LogP contribution in [-0.2, 0) is 9.53 Å². The van der Waals surface area contributed by atoms with Gasteiger partial charge in [-0.3, -0.25) is 4.79 Å². The van der Waals surface area contributed by atoms with Crippen molar-refractivity contribution in [2.24, 2.45) is 0 Å². The summed E-state index contributed by atoms with van der Waals surface area (Å²) in [6.45, 7) is 1.95. The van der Waals surface area contributed by atoms with E-state index in [1.807, 2.05) is 0 Å². The van der Waals surface area contributed by atoms with Gasteiger partial charge >= 0.3 is 5.97 Å². The van der Waals surface area contributed by atoms with Crippen LogP contribution in [0.1, 0.15) is 13.3 Å². The lowest BCUT2D eigenvalue weighted by Crippen LogP contribution is -2.12. The highest BCUT2D eigenvalue weighted by molar-refractivity contribution is 5.66. The molecular weight excluding hydrogens is 136 g/mol. The van der Waals surface area contributed by atoms with Gasteiger partial charge in [0.2, 0.25) is 0 Å². The molecule has 0 amide bonds. The molecule has 0 aliphatic rings. The third kappa shape index (κ3) is 7.39. The van der Waals surface area contributed by atoms with Gasteiger partial charge in [0.1, 0.15) is 0 Å². The van der Waals surface area contributed by atoms with Crippen LogP contribution < -0.4 is 0 Å². The Hall–Kier alpha value is -0.610. The summed E-state index contributed by atoms with van der Waals surface area (Å²) >= 11 is 0. The molecule has 0 aromatic rings. The molecule has 0 radical (unpaired) electrons. The topological polar surface area (TPSA) is 66.8 Å². The van der Waals surface area contributed by atoms with Crippen molar-refractivity contribution in [3.8, 4) is 0 Å². The Morgan fingerprint density at radius 3 is 2.70 bits per heavy atom. The first-order valence-electron chi connectivity index (χ1n) is 3.10. The Balaban J connectivity index is 2.98. The molecule has 0 heterocycles. The summed E-state index contributed by atoms with van der Waals surface area (Å²) in [5.41, 5.74) is 0. The Labute approximate surface area is 59.4 Å². The third-order valence-corrected chi connectivity index (χ3v) is 0.819. The molecule has 2 N–H and O–H groups in total. The van der Waals surface area contributed by atoms with E-state index in [4.69, 9.17) is 14.9 Å². The van der Waals surface area contributed by atoms with Gasteiger partial charge in [-0.2, -0.15) is 0 Å². The molecule has 60 valence electrons. The zero-order valence-electron chi connectivity index (χ0n) is 5.91. The molecule has 0 spiro atoms. The van der Waals surface area contributed by atoms with Crippen LogP contribution in [0.25, 0.3) is 0 Å². The van der Waals surface area contributed by atoms with E-state index in [0.29, 0.717) is 0 Å². The number of hydrogen-bond acceptors (Lipinski definition) is 3. The second-order valence-electron chi connectivity index (χ2n) is 2.07. The zero-order valence-corrected chi connectivity index (χ0v) is 5.91. The van der Waals surface area contributed by atoms with Crippen LogP contribution in [0.15, 0.2) is 0 Å². The van der Waals surface area contributed by atoms with Crippen LogP contribution in [0.3, 0.4) is 0 Å². The molecule has 0 fully saturated rings. The fourth-order valence-electron chi connectivity index (χ4n) is 0.413. The predicted octanol–water partition coefficient (Wildman–Crippen LogP) is -0.142. The number of hydrogen-bond donors (Lipinski definition) is 2. The van der Waals surface area contributed by atoms with Gasteiger partial charge in [0.05, 0.1) is 25.7 Å². The fraction of sp³-hybridized carbons (Fsp3) is 0.833. The third-order valence-electron chi connectivity index (χ3n) is 0.819. The van der Waals surface area contributed by atoms with E-state index >= 15 is 0 Å². The van der Waals surface area contributed by atoms with E-state index in [1.54, 1.807) is 6.92 Å². The lowest BCUT2D eigenvalue weighted by molar-refractivity contribution is -0.138. The maximum atomic E-state index is 9.90. The Morgan fingerprint density at radius 2 is 2.30 bits per heavy atom. The molecular formula is C6H12O4. The zero-order chi connectivity index (χ0) is 7.98. The molecule has 4 heteroatoms. The van der Waals surface area contributed by atoms with Crippen molar-refractivity contribution in [3.63, 3.8) is 0 Å². The summed E-state index contributed by atoms with van der Waals surface area (Å²) in [5.74, 6) is -0.884. The largest absolute Gasteiger partial charge is 0.481 e. The minimum atomic E-state index is -0.884. The monoisotopic (exact) mass is 148 g/mol. The molecule has 0 aliphatic carbocycles. The van der Waals surface area contributed by atoms with Gasteiger partial charge in [-0.15, -0.1) is 0 Å². The maximum absolute atomic E-state index is 9.90. The summed E-state index contributed by atoms with van der Waals surface area (Å²) in [6.07, 6.45) is -0.527. The highest BCUT2D eigenvalue weighted by atomic mass is 16.5. The first-order chi connectivity index (χ1) is 4.63. The smallest absolute Gasteiger partial charge is 0.305 e. The van der Waals surface area contributed by atoms with Crippen molar-refractivity contribution in [1.29, 1.82) is 0 Å². The molecule has 0 aliphatic heterocycles. The van der Waals surface area contributed by atoms with E-state index in [0.717, 1.165) is 0 Å². The summed E-state index contributed by atoms with van der Waals surface area (Å²) in [5, 5.41) is 16.8. The molecule has 0 aromatic carbocycles. The van der Waals surface area contributed by atoms with Gasteiger partial charge in [0.25, 0.3) is 0 Å². The minimum Gasteiger partial charge on any atom is -0.481 e. The number of aliphatic hydroxyl groups is 1. The van der Waals surface area contributed by atoms with Gasteiger partial charge in [-0.05, 0) is 6.92 Å². The number of carbonyl (C=O) groups is 1. The summed E-state index contributed by atoms with van der Waals surface area (Å²) in [4.78, 5) is 9.90. The Morgan fingerprint density at radius 1 is 1.70 bits per heavy atom. The molecule has 0 unspecified atom stereocenters. The predicted molar refractivity (Wildman–Crippen MR) is 34.8 cm³/mol. The van der Waals surface area contributed by atoms with Crippen molar-refractivity contribution in [2.75, 3.05) is 13.2 Å². The number of rotatable bonds is 5. The van der Waals surface area contributed by atoms with Crippen LogP contribution in [0, 0.1) is 0 Å². The van der Waals surface area contributed by atoms with Crippen molar-refractivity contribution in [3.05, 3.63) is 0 Å². The van der Waals surface area contributed by atoms with E-state index in [2.05, 4.69) is 0 Å². The molecule has 0 aromatic heterocycles. The maximum Gasteiger partial charge on any atom is 0.305 e. The Bertz CT molecular complexity index is 99.9. The second-order valence-corrected chi connectivity index (χ2v) is 2.07. The van der Waals surface area contributed by atoms with Gasteiger partial charge in [0.15, 0.2) is 0 Å². The van der Waals surface area contributed by atoms with Crippen LogP contribution >= 0.6 is 0 Å². The van der Waals surface area contributed by atoms with Gasteiger partial charge < -0.3 is 14.9 Å². The van der Waals surface area contributed by atoms with Crippen molar-refractivity contribution in [1.82, 2.24) is 0 Å². The van der Waals surface area contributed by atoms with E-state index in [9.17, 15) is 4.79 Å². The second kappa shape index (κ2) is 5.20. The SMILES string of the molecule is C[C@H](O)COCCC(=O)O. The van der Waals surface area contributed by atoms with Crippen LogP contribution in [-0.4, -0.2) is 35.5 Å². The van der Waals surface area contributed by atoms with E-state index in [1.165, 1.54) is 0 Å². The molecule has 10 heavy (non-hydrogen) atoms. The van der Waals surface area contributed by atoms with Crippen molar-refractivity contribution in [2.45, 2.75) is 19.4 Å². The molecule has 4 nitrogen and oxygen atoms in total. The van der Waals surface area contributed by atoms with E-state index in [-0.39, 0.29) is 19.6 Å². The minimum absolute atomic E-state index is 0.00722. The number of carboxylic acids is 1. The lowest BCUT2D eigenvalue weighted by Gasteiger charge is -2.03. The first kappa shape index (κ1) is 9.39. The summed E-state index contributed by atoms with van der Waals surface area (Å²) in [7, 11) is 0. The average molecular weight is 148 g/mol. The first-order valence-corrected chi connectivity index (χ1v) is 3.10. The standard InChI is InChI=1S/C6H12O4/c1-5(7)4-10-3-2-6(8)9/h5,7H,2-4H2,1H3,(H,8,9)/t5-/m0/s1. The number of carboxylic acid groups (broad SMARTS) is 1. The quantitative estimate of drug-likeness (QED) is 0.532. The Kier molecular flexibility index (Phi) is 4.88. The number of aliphatic carboxylic acids is 1. The van der Waals surface area contributed by atoms with E-state index < -0.39 is 12.1 Å². The molecule has 0 saturated carbocycles. The molecule has 1 atom stereocenters. The molecule has 0 bridgehead atoms. The average Bonchev–Trinajstić information content (AvgIpc) is 1.79. The number of ether oxygens (including phenoxy) is 1. The fourth-order valence-corrected chi connectivity index (χ4v) is 0.413. The number of aliphatic hydroxyl groups excluding tert-OH is 1. The summed E-state index contributed by atoms with van der Waals surface area (Å²) < 4.78 is 4.78. The normalized spacial score (nSPS) is 13.0. The highest BCUT2D eigenvalue weighted by Crippen LogP contribution is 1.85. The molecule has 0 rings (SSSR count). The van der Waals surface area contributed by atoms with Gasteiger partial charge in [0, 0.05) is 0 Å². The van der Waals surface area contributed by atoms with Crippen LogP contribution in [0.5, 0.6) is 0 Å². The lowest BCUT2D eigenvalue weighted by atomic mass is 10.4. The molecule has 0 saturated heterocycles. The van der Waals surface area contributed by atoms with Gasteiger partial charge in [-0.1, -0.05) is 0 Å². The van der Waals surface area contributed by atoms with Crippen molar-refractivity contribution < 1.29 is 19.7 Å². The van der Waals surface area contributed by atoms with Crippen LogP contribution in [0.2, 0.25) is 0 Å². The van der Waals surface area contributed by atoms with Gasteiger partial charge in [-0.25, -0.2) is 0 Å². The van der Waals surface area contributed by atoms with Crippen molar-refractivity contribution >= 4 is 5.97 Å². The van der Waals surface area contributed by atoms with Crippen LogP contribution in [0.4, 0.5) is 0 Å². The summed E-state index contributed by atoms with van der Waals surface area (Å²) in [6, 6.07) is 0.